The molecule has 0 N–H and O–H groups in total. The Morgan fingerprint density at radius 3 is 1.74 bits per heavy atom. The maximum Gasteiger partial charge on any atom is 0.333 e. The summed E-state index contributed by atoms with van der Waals surface area (Å²) in [4.78, 5) is 5.36. The van der Waals surface area contributed by atoms with Gasteiger partial charge in [0, 0.05) is 39.1 Å². The highest BCUT2D eigenvalue weighted by molar-refractivity contribution is 6.94. The normalized spacial score (nSPS) is 17.8. The average molecular weight is 897 g/mol. The van der Waals surface area contributed by atoms with Gasteiger partial charge in [0.15, 0.2) is 5.58 Å². The van der Waals surface area contributed by atoms with Gasteiger partial charge < -0.3 is 14.1 Å². The fourth-order valence-corrected chi connectivity index (χ4v) is 13.0. The van der Waals surface area contributed by atoms with Crippen LogP contribution in [0.1, 0.15) is 109 Å². The van der Waals surface area contributed by atoms with Crippen LogP contribution in [0.5, 0.6) is 0 Å². The van der Waals surface area contributed by atoms with Gasteiger partial charge in [-0.05, 0) is 169 Å². The largest absolute Gasteiger partial charge is 0.454 e. The first-order valence-electron chi connectivity index (χ1n) is 25.4. The van der Waals surface area contributed by atoms with Crippen LogP contribution in [0.2, 0.25) is 0 Å². The van der Waals surface area contributed by atoms with E-state index in [1.165, 1.54) is 108 Å². The number of nitrogens with zero attached hydrogens (tertiary/aromatic N) is 2. The van der Waals surface area contributed by atoms with Crippen molar-refractivity contribution in [1.82, 2.24) is 0 Å². The molecule has 2 aliphatic heterocycles. The molecule has 340 valence electrons. The number of benzene rings is 8. The molecule has 4 heteroatoms. The van der Waals surface area contributed by atoms with Gasteiger partial charge >= 0.3 is 6.85 Å². The van der Waals surface area contributed by atoms with Crippen molar-refractivity contribution in [2.24, 2.45) is 0 Å². The number of furan rings is 1. The highest BCUT2D eigenvalue weighted by Gasteiger charge is 2.48. The second-order valence-electron chi connectivity index (χ2n) is 23.5. The number of fused-ring (bicyclic) bond motifs is 10. The zero-order chi connectivity index (χ0) is 47.4. The number of hydrogen-bond donors (Lipinski definition) is 0. The highest BCUT2D eigenvalue weighted by Crippen LogP contribution is 2.55. The van der Waals surface area contributed by atoms with Crippen LogP contribution in [-0.2, 0) is 21.7 Å². The lowest BCUT2D eigenvalue weighted by Crippen LogP contribution is -2.61. The molecule has 0 spiro atoms. The Kier molecular flexibility index (Phi) is 8.97. The van der Waals surface area contributed by atoms with E-state index < -0.39 is 0 Å². The molecule has 0 saturated heterocycles. The SMILES string of the molecule is Cc1cc2c(cc1N1c3cc(-c4ccccc4)ccc3B3c4c(cc(-c5ccccc5)cc41)-c1ccc4c(oc5ccccc54)c1N3c1ccc3c(c1)C(C)(C)CCC3(C)C)C(C)(C)CCC2(C)C. The molecular formula is C65H61BN2O. The molecule has 0 atom stereocenters. The van der Waals surface area contributed by atoms with Crippen molar-refractivity contribution in [1.29, 1.82) is 0 Å². The van der Waals surface area contributed by atoms with E-state index in [9.17, 15) is 0 Å². The van der Waals surface area contributed by atoms with Crippen LogP contribution < -0.4 is 20.6 Å². The van der Waals surface area contributed by atoms with Crippen molar-refractivity contribution in [2.45, 2.75) is 110 Å². The summed E-state index contributed by atoms with van der Waals surface area (Å²) >= 11 is 0. The molecule has 0 saturated carbocycles. The van der Waals surface area contributed by atoms with E-state index in [0.717, 1.165) is 40.5 Å². The third-order valence-corrected chi connectivity index (χ3v) is 17.3. The van der Waals surface area contributed by atoms with Crippen molar-refractivity contribution in [2.75, 3.05) is 9.71 Å². The van der Waals surface area contributed by atoms with E-state index >= 15 is 0 Å². The molecule has 13 rings (SSSR count). The first-order chi connectivity index (χ1) is 33.1. The van der Waals surface area contributed by atoms with Crippen LogP contribution in [0.4, 0.5) is 28.4 Å². The predicted molar refractivity (Wildman–Crippen MR) is 294 cm³/mol. The van der Waals surface area contributed by atoms with Crippen molar-refractivity contribution < 1.29 is 4.42 Å². The van der Waals surface area contributed by atoms with Gasteiger partial charge in [-0.25, -0.2) is 0 Å². The van der Waals surface area contributed by atoms with Crippen molar-refractivity contribution in [3.8, 4) is 33.4 Å². The molecule has 0 radical (unpaired) electrons. The standard InChI is InChI=1S/C65H61BN2O/c1-40-34-51-53(65(8,9)33-32-63(51,4)5)39-55(40)67-56-36-43(41-18-12-10-13-19-41)24-29-54(56)66-59-49(35-44(37-57(59)67)42-20-14-11-15-21-42)47-26-27-48-46-22-16-17-23-58(46)69-61(48)60(47)68(66)45-25-28-50-52(38-45)64(6,7)31-30-62(50,2)3/h10-29,34-39H,30-33H2,1-9H3. The summed E-state index contributed by atoms with van der Waals surface area (Å²) in [5.74, 6) is 0. The first kappa shape index (κ1) is 42.3. The van der Waals surface area contributed by atoms with Crippen LogP contribution in [0, 0.1) is 6.92 Å². The number of rotatable bonds is 4. The molecule has 0 unspecified atom stereocenters. The second kappa shape index (κ2) is 14.6. The molecular weight excluding hydrogens is 836 g/mol. The number of aryl methyl sites for hydroxylation is 1. The Morgan fingerprint density at radius 2 is 1.04 bits per heavy atom. The lowest BCUT2D eigenvalue weighted by atomic mass is 9.43. The smallest absolute Gasteiger partial charge is 0.333 e. The molecule has 3 heterocycles. The molecule has 0 bridgehead atoms. The first-order valence-corrected chi connectivity index (χ1v) is 25.4. The minimum atomic E-state index is -0.173. The Hall–Kier alpha value is -6.78. The number of anilines is 5. The summed E-state index contributed by atoms with van der Waals surface area (Å²) in [5, 5.41) is 2.29. The summed E-state index contributed by atoms with van der Waals surface area (Å²) < 4.78 is 7.17. The molecule has 0 amide bonds. The number of hydrogen-bond acceptors (Lipinski definition) is 3. The van der Waals surface area contributed by atoms with Crippen LogP contribution in [0.15, 0.2) is 162 Å². The molecule has 0 fully saturated rings. The number of para-hydroxylation sites is 1. The Morgan fingerprint density at radius 1 is 0.449 bits per heavy atom. The molecule has 69 heavy (non-hydrogen) atoms. The van der Waals surface area contributed by atoms with E-state index in [2.05, 4.69) is 230 Å². The van der Waals surface area contributed by atoms with Gasteiger partial charge in [0.1, 0.15) is 5.58 Å². The van der Waals surface area contributed by atoms with E-state index in [0.29, 0.717) is 0 Å². The summed E-state index contributed by atoms with van der Waals surface area (Å²) in [7, 11) is 0. The summed E-state index contributed by atoms with van der Waals surface area (Å²) in [6.45, 7) is 21.8. The summed E-state index contributed by atoms with van der Waals surface area (Å²) in [6.07, 6.45) is 4.65. The van der Waals surface area contributed by atoms with Crippen LogP contribution in [0.25, 0.3) is 55.3 Å². The van der Waals surface area contributed by atoms with E-state index in [4.69, 9.17) is 4.42 Å². The van der Waals surface area contributed by atoms with E-state index in [1.807, 2.05) is 0 Å². The van der Waals surface area contributed by atoms with Gasteiger partial charge in [0.05, 0.1) is 5.69 Å². The monoisotopic (exact) mass is 896 g/mol. The van der Waals surface area contributed by atoms with Crippen molar-refractivity contribution >= 4 is 68.1 Å². The third kappa shape index (κ3) is 6.26. The third-order valence-electron chi connectivity index (χ3n) is 17.3. The molecule has 1 aromatic heterocycles. The highest BCUT2D eigenvalue weighted by atomic mass is 16.3. The lowest BCUT2D eigenvalue weighted by molar-refractivity contribution is 0.332. The Labute approximate surface area is 408 Å². The van der Waals surface area contributed by atoms with Crippen LogP contribution >= 0.6 is 0 Å². The van der Waals surface area contributed by atoms with Gasteiger partial charge in [0.25, 0.3) is 0 Å². The van der Waals surface area contributed by atoms with Gasteiger partial charge in [-0.2, -0.15) is 0 Å². The maximum atomic E-state index is 7.17. The lowest BCUT2D eigenvalue weighted by Gasteiger charge is -2.48. The second-order valence-corrected chi connectivity index (χ2v) is 23.5. The molecule has 2 aliphatic carbocycles. The predicted octanol–water partition coefficient (Wildman–Crippen LogP) is 16.6. The fourth-order valence-electron chi connectivity index (χ4n) is 13.0. The molecule has 8 aromatic carbocycles. The summed E-state index contributed by atoms with van der Waals surface area (Å²) in [5.41, 5.74) is 25.2. The minimum absolute atomic E-state index is 0.0245. The van der Waals surface area contributed by atoms with Crippen molar-refractivity contribution in [3.05, 3.63) is 186 Å². The van der Waals surface area contributed by atoms with Crippen molar-refractivity contribution in [3.63, 3.8) is 0 Å². The Bertz CT molecular complexity index is 3590. The van der Waals surface area contributed by atoms with E-state index in [-0.39, 0.29) is 28.5 Å². The van der Waals surface area contributed by atoms with Crippen LogP contribution in [-0.4, -0.2) is 6.85 Å². The minimum Gasteiger partial charge on any atom is -0.454 e. The molecule has 3 nitrogen and oxygen atoms in total. The zero-order valence-corrected chi connectivity index (χ0v) is 41.7. The van der Waals surface area contributed by atoms with Gasteiger partial charge in [-0.3, -0.25) is 0 Å². The Balaban J connectivity index is 1.18. The summed E-state index contributed by atoms with van der Waals surface area (Å²) in [6, 6.07) is 60.1. The van der Waals surface area contributed by atoms with Gasteiger partial charge in [-0.1, -0.05) is 165 Å². The van der Waals surface area contributed by atoms with Gasteiger partial charge in [0.2, 0.25) is 0 Å². The topological polar surface area (TPSA) is 19.6 Å². The molecule has 4 aliphatic rings. The van der Waals surface area contributed by atoms with Crippen LogP contribution in [0.3, 0.4) is 0 Å². The maximum absolute atomic E-state index is 7.17. The molecule has 9 aromatic rings. The quantitative estimate of drug-likeness (QED) is 0.164. The average Bonchev–Trinajstić information content (AvgIpc) is 3.74. The fraction of sp³-hybridized carbons (Fsp3) is 0.262. The zero-order valence-electron chi connectivity index (χ0n) is 41.7. The van der Waals surface area contributed by atoms with Gasteiger partial charge in [-0.15, -0.1) is 0 Å². The van der Waals surface area contributed by atoms with E-state index in [1.54, 1.807) is 0 Å².